The van der Waals surface area contributed by atoms with E-state index in [-0.39, 0.29) is 47.3 Å². The molecule has 0 unspecified atom stereocenters. The molecule has 0 spiro atoms. The van der Waals surface area contributed by atoms with E-state index in [0.29, 0.717) is 83.5 Å². The summed E-state index contributed by atoms with van der Waals surface area (Å²) in [5.41, 5.74) is 0. The number of unbranched alkanes of at least 4 members (excludes halogenated alkanes) is 18. The van der Waals surface area contributed by atoms with E-state index in [2.05, 4.69) is 41.5 Å². The van der Waals surface area contributed by atoms with Crippen LogP contribution in [0.1, 0.15) is 208 Å². The average molecular weight is 1900 g/mol. The van der Waals surface area contributed by atoms with Gasteiger partial charge >= 0.3 is 35.8 Å². The van der Waals surface area contributed by atoms with E-state index in [0.717, 1.165) is 218 Å². The fourth-order valence-corrected chi connectivity index (χ4v) is 17.8. The van der Waals surface area contributed by atoms with E-state index >= 15 is 0 Å². The smallest absolute Gasteiger partial charge is 0.336 e. The van der Waals surface area contributed by atoms with E-state index in [1.54, 1.807) is 33.8 Å². The van der Waals surface area contributed by atoms with Gasteiger partial charge in [0.15, 0.2) is 34.5 Å². The Bertz CT molecular complexity index is 5000. The van der Waals surface area contributed by atoms with Crippen LogP contribution in [0.4, 0.5) is 0 Å². The van der Waals surface area contributed by atoms with Crippen molar-refractivity contribution in [3.63, 3.8) is 0 Å². The maximum Gasteiger partial charge on any atom is 0.336 e. The molecule has 10 rings (SSSR count). The summed E-state index contributed by atoms with van der Waals surface area (Å²) in [6.45, 7) is 16.6. The molecular weight excluding hydrogens is 1780 g/mol. The summed E-state index contributed by atoms with van der Waals surface area (Å²) in [6, 6.07) is 54.8. The first-order valence-electron chi connectivity index (χ1n) is 46.5. The third-order valence-corrected chi connectivity index (χ3v) is 26.0. The zero-order valence-electron chi connectivity index (χ0n) is 76.8. The molecule has 0 fully saturated rings. The largest absolute Gasteiger partial charge is 0.494 e. The molecule has 0 radical (unpaired) electrons. The van der Waals surface area contributed by atoms with Gasteiger partial charge in [-0.05, 0) is 274 Å². The van der Waals surface area contributed by atoms with Gasteiger partial charge in [-0.2, -0.15) is 0 Å². The molecule has 0 bridgehead atoms. The predicted molar refractivity (Wildman–Crippen MR) is 540 cm³/mol. The topological polar surface area (TPSA) is 213 Å². The summed E-state index contributed by atoms with van der Waals surface area (Å²) in [4.78, 5) is 92.4. The molecule has 10 aromatic carbocycles. The lowest BCUT2D eigenvalue weighted by Crippen LogP contribution is -2.12. The second kappa shape index (κ2) is 60.0. The van der Waals surface area contributed by atoms with E-state index in [4.69, 9.17) is 56.8 Å². The molecule has 0 N–H and O–H groups in total. The summed E-state index contributed by atoms with van der Waals surface area (Å²) in [5.74, 6) is -0.818. The van der Waals surface area contributed by atoms with Crippen LogP contribution in [0.5, 0.6) is 69.0 Å². The number of hydrogen-bond acceptors (Lipinski definition) is 24. The Morgan fingerprint density at radius 1 is 0.227 bits per heavy atom. The van der Waals surface area contributed by atoms with E-state index in [1.807, 2.05) is 146 Å². The Morgan fingerprint density at radius 3 is 0.598 bits per heavy atom. The quantitative estimate of drug-likeness (QED) is 0.00865. The van der Waals surface area contributed by atoms with Crippen molar-refractivity contribution in [1.82, 2.24) is 0 Å². The van der Waals surface area contributed by atoms with Crippen LogP contribution in [0.3, 0.4) is 0 Å². The van der Waals surface area contributed by atoms with Crippen molar-refractivity contribution in [2.45, 2.75) is 238 Å². The van der Waals surface area contributed by atoms with E-state index in [9.17, 15) is 28.8 Å². The molecule has 10 aromatic rings. The van der Waals surface area contributed by atoms with Crippen molar-refractivity contribution in [3.05, 3.63) is 228 Å². The van der Waals surface area contributed by atoms with Crippen molar-refractivity contribution in [2.24, 2.45) is 0 Å². The minimum Gasteiger partial charge on any atom is -0.494 e. The van der Waals surface area contributed by atoms with Crippen LogP contribution >= 0.6 is 70.6 Å². The lowest BCUT2D eigenvalue weighted by atomic mass is 9.93. The highest BCUT2D eigenvalue weighted by molar-refractivity contribution is 8.03. The second-order valence-corrected chi connectivity index (χ2v) is 37.6. The van der Waals surface area contributed by atoms with Gasteiger partial charge in [0, 0.05) is 65.2 Å². The van der Waals surface area contributed by atoms with Crippen LogP contribution in [-0.2, 0) is 28.8 Å². The van der Waals surface area contributed by atoms with Crippen molar-refractivity contribution >= 4 is 139 Å². The molecule has 0 aliphatic rings. The van der Waals surface area contributed by atoms with Crippen molar-refractivity contribution in [1.29, 1.82) is 0 Å². The molecule has 0 aromatic heterocycles. The van der Waals surface area contributed by atoms with Gasteiger partial charge in [-0.3, -0.25) is 9.59 Å². The minimum atomic E-state index is -0.841. The molecule has 700 valence electrons. The number of fused-ring (bicyclic) bond motifs is 6. The molecular formula is C108H124O18S6. The third-order valence-electron chi connectivity index (χ3n) is 20.7. The molecule has 132 heavy (non-hydrogen) atoms. The van der Waals surface area contributed by atoms with Crippen LogP contribution in [0.15, 0.2) is 257 Å². The van der Waals surface area contributed by atoms with Gasteiger partial charge in [0.2, 0.25) is 0 Å². The number of carbonyl (C=O) groups is 6. The van der Waals surface area contributed by atoms with Crippen molar-refractivity contribution < 1.29 is 85.6 Å². The summed E-state index contributed by atoms with van der Waals surface area (Å²) >= 11 is 8.00. The molecule has 0 heterocycles. The lowest BCUT2D eigenvalue weighted by Gasteiger charge is -2.19. The SMILES string of the molecule is CCCCCCOc1ccc(SC=CC(=O)Oc2cc3c(cc2OC(=O)C=CSc2ccc(OCCCCCC)cc2)c2cc(OC(=O)CCSc4ccc(OCCCCCC)cc4)c(OC(=O)C=CSc4ccc(OCCCCCC)cc4)cc2c2cc(OC(=O)C=CSc4ccc(OCCCCCC)cc4)c(OC(=O)CCSc4ccc(OCCCCCC)cc4)cc32)cc1. The summed E-state index contributed by atoms with van der Waals surface area (Å²) in [5, 5.41) is 8.23. The molecule has 24 heteroatoms. The Labute approximate surface area is 804 Å². The Morgan fingerprint density at radius 2 is 0.409 bits per heavy atom. The Kier molecular flexibility index (Phi) is 47.2. The third kappa shape index (κ3) is 37.6. The zero-order valence-corrected chi connectivity index (χ0v) is 81.7. The van der Waals surface area contributed by atoms with Crippen LogP contribution < -0.4 is 56.8 Å². The number of thioether (sulfide) groups is 6. The van der Waals surface area contributed by atoms with Crippen molar-refractivity contribution in [2.75, 3.05) is 51.1 Å². The number of rotatable bonds is 62. The molecule has 0 aliphatic heterocycles. The number of esters is 6. The van der Waals surface area contributed by atoms with E-state index in [1.165, 1.54) is 119 Å². The number of hydrogen-bond donors (Lipinski definition) is 0. The van der Waals surface area contributed by atoms with Gasteiger partial charge in [0.1, 0.15) is 34.5 Å². The molecule has 0 saturated heterocycles. The highest BCUT2D eigenvalue weighted by Crippen LogP contribution is 2.48. The number of ether oxygens (including phenoxy) is 12. The van der Waals surface area contributed by atoms with Gasteiger partial charge in [0.05, 0.1) is 52.5 Å². The minimum absolute atomic E-state index is 0.0966. The average Bonchev–Trinajstić information content (AvgIpc) is 0.722. The number of carbonyl (C=O) groups excluding carboxylic acids is 6. The van der Waals surface area contributed by atoms with Crippen LogP contribution in [0.25, 0.3) is 32.3 Å². The zero-order chi connectivity index (χ0) is 93.0. The maximum atomic E-state index is 14.6. The van der Waals surface area contributed by atoms with Crippen LogP contribution in [0, 0.1) is 0 Å². The molecule has 0 amide bonds. The van der Waals surface area contributed by atoms with Gasteiger partial charge in [-0.1, -0.05) is 204 Å². The summed E-state index contributed by atoms with van der Waals surface area (Å²) in [6.07, 6.45) is 30.7. The summed E-state index contributed by atoms with van der Waals surface area (Å²) < 4.78 is 74.0. The standard InChI is InChI=1S/C108H124O18S6/c1-7-13-19-25-61-115-79-31-43-85(44-32-79)127-67-55-103(109)121-97-73-91-92(74-98(97)122-104(110)56-68-128-86-45-33-80(34-46-86)116-62-26-20-14-8-2)94-76-100(124-106(112)58-70-130-88-49-37-82(38-50-88)118-64-28-22-16-10-4)102(126-108(114)60-72-132-90-53-41-84(42-54-90)120-66-30-24-18-12-6)78-96(94)95-77-101(125-107(113)59-71-131-89-51-39-83(40-52-89)119-65-29-23-17-11-5)99(75-93(91)95)123-105(111)57-69-129-87-47-35-81(36-48-87)117-63-27-21-15-9-3/h31-56,59-60,67-68,71-78H,7-30,57-58,61-66,69-70H2,1-6H3. The van der Waals surface area contributed by atoms with E-state index < -0.39 is 35.8 Å². The van der Waals surface area contributed by atoms with Gasteiger partial charge < -0.3 is 56.8 Å². The molecule has 0 aliphatic carbocycles. The maximum absolute atomic E-state index is 14.6. The predicted octanol–water partition coefficient (Wildman–Crippen LogP) is 29.9. The molecule has 0 atom stereocenters. The number of benzene rings is 10. The van der Waals surface area contributed by atoms with Gasteiger partial charge in [0.25, 0.3) is 0 Å². The highest BCUT2D eigenvalue weighted by Gasteiger charge is 2.26. The second-order valence-electron chi connectivity index (χ2n) is 31.3. The Hall–Kier alpha value is -10.3. The monoisotopic (exact) mass is 1900 g/mol. The first kappa shape index (κ1) is 104. The molecule has 0 saturated carbocycles. The first-order valence-corrected chi connectivity index (χ1v) is 51.9. The van der Waals surface area contributed by atoms with Crippen LogP contribution in [-0.4, -0.2) is 87.0 Å². The molecule has 18 nitrogen and oxygen atoms in total. The van der Waals surface area contributed by atoms with Gasteiger partial charge in [-0.15, -0.1) is 23.5 Å². The first-order chi connectivity index (χ1) is 64.7. The normalized spacial score (nSPS) is 11.5. The van der Waals surface area contributed by atoms with Gasteiger partial charge in [-0.25, -0.2) is 19.2 Å². The fraction of sp³-hybridized carbons (Fsp3) is 0.370. The fourth-order valence-electron chi connectivity index (χ4n) is 13.6. The van der Waals surface area contributed by atoms with Crippen molar-refractivity contribution in [3.8, 4) is 69.0 Å². The highest BCUT2D eigenvalue weighted by atomic mass is 32.2. The lowest BCUT2D eigenvalue weighted by molar-refractivity contribution is -0.135. The summed E-state index contributed by atoms with van der Waals surface area (Å²) in [7, 11) is 0. The Balaban J connectivity index is 1.08. The van der Waals surface area contributed by atoms with Crippen LogP contribution in [0.2, 0.25) is 0 Å².